The van der Waals surface area contributed by atoms with Crippen molar-refractivity contribution in [3.05, 3.63) is 17.7 Å². The lowest BCUT2D eigenvalue weighted by atomic mass is 10.3. The molecule has 1 aromatic rings. The SMILES string of the molecule is CCCN(c1nc(N)c(F)cc1F)C1CC1. The molecule has 0 spiro atoms. The fourth-order valence-electron chi connectivity index (χ4n) is 1.76. The van der Waals surface area contributed by atoms with Gasteiger partial charge in [-0.15, -0.1) is 0 Å². The van der Waals surface area contributed by atoms with E-state index in [1.54, 1.807) is 0 Å². The predicted molar refractivity (Wildman–Crippen MR) is 59.2 cm³/mol. The lowest BCUT2D eigenvalue weighted by molar-refractivity contribution is 0.568. The van der Waals surface area contributed by atoms with Crippen molar-refractivity contribution < 1.29 is 8.78 Å². The van der Waals surface area contributed by atoms with E-state index in [1.807, 2.05) is 11.8 Å². The van der Waals surface area contributed by atoms with E-state index in [1.165, 1.54) is 0 Å². The van der Waals surface area contributed by atoms with Crippen molar-refractivity contribution in [2.75, 3.05) is 17.2 Å². The predicted octanol–water partition coefficient (Wildman–Crippen LogP) is 2.32. The molecule has 1 aliphatic rings. The van der Waals surface area contributed by atoms with E-state index in [9.17, 15) is 8.78 Å². The summed E-state index contributed by atoms with van der Waals surface area (Å²) in [5.74, 6) is -1.48. The molecule has 88 valence electrons. The summed E-state index contributed by atoms with van der Waals surface area (Å²) in [6, 6.07) is 1.15. The largest absolute Gasteiger partial charge is 0.381 e. The Labute approximate surface area is 93.3 Å². The van der Waals surface area contributed by atoms with Crippen molar-refractivity contribution >= 4 is 11.6 Å². The van der Waals surface area contributed by atoms with Crippen LogP contribution >= 0.6 is 0 Å². The molecule has 1 aromatic heterocycles. The van der Waals surface area contributed by atoms with Crippen molar-refractivity contribution in [3.63, 3.8) is 0 Å². The van der Waals surface area contributed by atoms with Crippen LogP contribution in [0.25, 0.3) is 0 Å². The number of nitrogens with zero attached hydrogens (tertiary/aromatic N) is 2. The number of pyridine rings is 1. The van der Waals surface area contributed by atoms with Gasteiger partial charge in [-0.05, 0) is 19.3 Å². The van der Waals surface area contributed by atoms with Gasteiger partial charge in [0.05, 0.1) is 0 Å². The summed E-state index contributed by atoms with van der Waals surface area (Å²) >= 11 is 0. The molecular formula is C11H15F2N3. The minimum absolute atomic E-state index is 0.184. The van der Waals surface area contributed by atoms with Crippen LogP contribution in [0.1, 0.15) is 26.2 Å². The molecular weight excluding hydrogens is 212 g/mol. The van der Waals surface area contributed by atoms with Crippen LogP contribution in [0.2, 0.25) is 0 Å². The van der Waals surface area contributed by atoms with Gasteiger partial charge >= 0.3 is 0 Å². The second-order valence-electron chi connectivity index (χ2n) is 4.09. The highest BCUT2D eigenvalue weighted by atomic mass is 19.1. The van der Waals surface area contributed by atoms with Gasteiger partial charge in [0.15, 0.2) is 23.3 Å². The molecule has 0 aromatic carbocycles. The minimum Gasteiger partial charge on any atom is -0.381 e. The van der Waals surface area contributed by atoms with Gasteiger partial charge in [0.1, 0.15) is 0 Å². The van der Waals surface area contributed by atoms with Crippen LogP contribution in [0.5, 0.6) is 0 Å². The van der Waals surface area contributed by atoms with Crippen molar-refractivity contribution in [1.29, 1.82) is 0 Å². The molecule has 0 bridgehead atoms. The zero-order valence-electron chi connectivity index (χ0n) is 9.21. The van der Waals surface area contributed by atoms with Crippen LogP contribution in [-0.4, -0.2) is 17.6 Å². The lowest BCUT2D eigenvalue weighted by Crippen LogP contribution is -2.28. The molecule has 0 saturated heterocycles. The summed E-state index contributed by atoms with van der Waals surface area (Å²) in [7, 11) is 0. The summed E-state index contributed by atoms with van der Waals surface area (Å²) in [4.78, 5) is 5.69. The first-order valence-corrected chi connectivity index (χ1v) is 5.51. The van der Waals surface area contributed by atoms with Crippen LogP contribution < -0.4 is 10.6 Å². The van der Waals surface area contributed by atoms with Gasteiger partial charge in [-0.25, -0.2) is 13.8 Å². The van der Waals surface area contributed by atoms with Gasteiger partial charge < -0.3 is 10.6 Å². The summed E-state index contributed by atoms with van der Waals surface area (Å²) in [6.07, 6.45) is 2.98. The van der Waals surface area contributed by atoms with Gasteiger partial charge in [0, 0.05) is 18.7 Å². The number of halogens is 2. The molecule has 0 radical (unpaired) electrons. The van der Waals surface area contributed by atoms with Crippen molar-refractivity contribution in [3.8, 4) is 0 Å². The average molecular weight is 227 g/mol. The third kappa shape index (κ3) is 2.08. The van der Waals surface area contributed by atoms with E-state index in [2.05, 4.69) is 4.98 Å². The van der Waals surface area contributed by atoms with E-state index in [0.717, 1.165) is 31.9 Å². The van der Waals surface area contributed by atoms with Crippen molar-refractivity contribution in [2.45, 2.75) is 32.2 Å². The van der Waals surface area contributed by atoms with E-state index in [0.29, 0.717) is 6.04 Å². The molecule has 1 fully saturated rings. The number of hydrogen-bond donors (Lipinski definition) is 1. The minimum atomic E-state index is -0.798. The number of nitrogens with two attached hydrogens (primary N) is 1. The summed E-state index contributed by atoms with van der Waals surface area (Å²) < 4.78 is 26.6. The Kier molecular flexibility index (Phi) is 2.94. The van der Waals surface area contributed by atoms with Crippen molar-refractivity contribution in [1.82, 2.24) is 4.98 Å². The van der Waals surface area contributed by atoms with Gasteiger partial charge in [0.2, 0.25) is 0 Å². The number of hydrogen-bond acceptors (Lipinski definition) is 3. The van der Waals surface area contributed by atoms with Gasteiger partial charge in [-0.3, -0.25) is 0 Å². The number of rotatable bonds is 4. The molecule has 2 rings (SSSR count). The Morgan fingerprint density at radius 3 is 2.69 bits per heavy atom. The van der Waals surface area contributed by atoms with Gasteiger partial charge in [0.25, 0.3) is 0 Å². The van der Waals surface area contributed by atoms with E-state index < -0.39 is 11.6 Å². The molecule has 1 aliphatic carbocycles. The van der Waals surface area contributed by atoms with Crippen LogP contribution in [0.3, 0.4) is 0 Å². The van der Waals surface area contributed by atoms with Crippen LogP contribution in [0, 0.1) is 11.6 Å². The highest BCUT2D eigenvalue weighted by Crippen LogP contribution is 2.32. The fraction of sp³-hybridized carbons (Fsp3) is 0.545. The molecule has 0 amide bonds. The Morgan fingerprint density at radius 2 is 2.12 bits per heavy atom. The van der Waals surface area contributed by atoms with E-state index in [4.69, 9.17) is 5.73 Å². The van der Waals surface area contributed by atoms with E-state index >= 15 is 0 Å². The third-order valence-electron chi connectivity index (χ3n) is 2.66. The third-order valence-corrected chi connectivity index (χ3v) is 2.66. The monoisotopic (exact) mass is 227 g/mol. The van der Waals surface area contributed by atoms with Crippen molar-refractivity contribution in [2.24, 2.45) is 0 Å². The highest BCUT2D eigenvalue weighted by Gasteiger charge is 2.31. The highest BCUT2D eigenvalue weighted by molar-refractivity contribution is 5.48. The zero-order chi connectivity index (χ0) is 11.7. The van der Waals surface area contributed by atoms with Crippen LogP contribution in [-0.2, 0) is 0 Å². The summed E-state index contributed by atoms with van der Waals surface area (Å²) in [6.45, 7) is 2.74. The molecule has 1 heterocycles. The molecule has 16 heavy (non-hydrogen) atoms. The van der Waals surface area contributed by atoms with Gasteiger partial charge in [-0.2, -0.15) is 0 Å². The first kappa shape index (κ1) is 11.1. The Hall–Kier alpha value is -1.39. The smallest absolute Gasteiger partial charge is 0.168 e. The number of aromatic nitrogens is 1. The number of nitrogen functional groups attached to an aromatic ring is 1. The fourth-order valence-corrected chi connectivity index (χ4v) is 1.76. The normalized spacial score (nSPS) is 15.2. The topological polar surface area (TPSA) is 42.2 Å². The first-order valence-electron chi connectivity index (χ1n) is 5.51. The molecule has 3 nitrogen and oxygen atoms in total. The van der Waals surface area contributed by atoms with E-state index in [-0.39, 0.29) is 11.6 Å². The van der Waals surface area contributed by atoms with Crippen LogP contribution in [0.4, 0.5) is 20.4 Å². The summed E-state index contributed by atoms with van der Waals surface area (Å²) in [5.41, 5.74) is 5.36. The lowest BCUT2D eigenvalue weighted by Gasteiger charge is -2.23. The maximum atomic E-state index is 13.6. The van der Waals surface area contributed by atoms with Crippen LogP contribution in [0.15, 0.2) is 6.07 Å². The quantitative estimate of drug-likeness (QED) is 0.858. The summed E-state index contributed by atoms with van der Waals surface area (Å²) in [5, 5.41) is 0. The standard InChI is InChI=1S/C11H15F2N3/c1-2-5-16(7-3-4-7)11-9(13)6-8(12)10(14)15-11/h6-7H,2-5H2,1H3,(H2,14,15). The molecule has 0 unspecified atom stereocenters. The maximum absolute atomic E-state index is 13.6. The maximum Gasteiger partial charge on any atom is 0.168 e. The Bertz CT molecular complexity index is 391. The average Bonchev–Trinajstić information content (AvgIpc) is 3.04. The molecule has 5 heteroatoms. The molecule has 0 aliphatic heterocycles. The molecule has 2 N–H and O–H groups in total. The second-order valence-corrected chi connectivity index (χ2v) is 4.09. The molecule has 1 saturated carbocycles. The molecule has 0 atom stereocenters. The van der Waals surface area contributed by atoms with Gasteiger partial charge in [-0.1, -0.05) is 6.92 Å². The zero-order valence-corrected chi connectivity index (χ0v) is 9.21. The Morgan fingerprint density at radius 1 is 1.44 bits per heavy atom. The number of anilines is 2. The Balaban J connectivity index is 2.32. The first-order chi connectivity index (χ1) is 7.63. The second kappa shape index (κ2) is 4.23.